The Bertz CT molecular complexity index is 463. The number of hydrogen-bond donors (Lipinski definition) is 2. The molecule has 1 aromatic rings. The Labute approximate surface area is 128 Å². The maximum atomic E-state index is 11.9. The van der Waals surface area contributed by atoms with E-state index in [1.54, 1.807) is 11.9 Å². The van der Waals surface area contributed by atoms with Crippen LogP contribution in [-0.4, -0.2) is 42.3 Å². The molecule has 5 heteroatoms. The highest BCUT2D eigenvalue weighted by atomic mass is 79.9. The number of likely N-dealkylation sites (N-methyl/N-ethyl adjacent to an activating group) is 1. The van der Waals surface area contributed by atoms with Crippen molar-refractivity contribution in [3.05, 3.63) is 34.3 Å². The minimum atomic E-state index is -0.381. The van der Waals surface area contributed by atoms with Crippen LogP contribution < -0.4 is 5.32 Å². The van der Waals surface area contributed by atoms with Crippen LogP contribution in [0.3, 0.4) is 0 Å². The van der Waals surface area contributed by atoms with Crippen molar-refractivity contribution in [1.29, 1.82) is 0 Å². The first kappa shape index (κ1) is 15.3. The molecule has 1 aromatic carbocycles. The third-order valence-corrected chi connectivity index (χ3v) is 4.38. The summed E-state index contributed by atoms with van der Waals surface area (Å²) in [5, 5.41) is 12.7. The average molecular weight is 341 g/mol. The lowest BCUT2D eigenvalue weighted by molar-refractivity contribution is 0.113. The highest BCUT2D eigenvalue weighted by Crippen LogP contribution is 2.32. The molecule has 0 radical (unpaired) electrons. The van der Waals surface area contributed by atoms with Crippen LogP contribution in [0.2, 0.25) is 0 Å². The first-order valence-corrected chi connectivity index (χ1v) is 7.77. The van der Waals surface area contributed by atoms with Crippen LogP contribution in [0.25, 0.3) is 0 Å². The molecule has 0 aromatic heterocycles. The lowest BCUT2D eigenvalue weighted by atomic mass is 10.1. The van der Waals surface area contributed by atoms with Crippen molar-refractivity contribution in [1.82, 2.24) is 10.2 Å². The van der Waals surface area contributed by atoms with Gasteiger partial charge in [0.05, 0.1) is 6.10 Å². The molecule has 2 amide bonds. The number of carbonyl (C=O) groups is 1. The zero-order valence-corrected chi connectivity index (χ0v) is 13.3. The second-order valence-corrected chi connectivity index (χ2v) is 6.21. The normalized spacial score (nSPS) is 15.8. The van der Waals surface area contributed by atoms with Crippen LogP contribution in [0.4, 0.5) is 4.79 Å². The number of aliphatic hydroxyl groups is 1. The Kier molecular flexibility index (Phi) is 5.43. The lowest BCUT2D eigenvalue weighted by Crippen LogP contribution is -2.42. The quantitative estimate of drug-likeness (QED) is 0.835. The molecular weight excluding hydrogens is 320 g/mol. The first-order chi connectivity index (χ1) is 9.58. The van der Waals surface area contributed by atoms with Gasteiger partial charge >= 0.3 is 6.03 Å². The number of hydrogen-bond acceptors (Lipinski definition) is 2. The SMILES string of the molecule is CN(C[C@H](O)C1CC1)C(=O)NCCc1ccccc1Br. The van der Waals surface area contributed by atoms with Crippen LogP contribution in [0, 0.1) is 5.92 Å². The van der Waals surface area contributed by atoms with Gasteiger partial charge < -0.3 is 15.3 Å². The molecule has 0 saturated heterocycles. The minimum Gasteiger partial charge on any atom is -0.391 e. The summed E-state index contributed by atoms with van der Waals surface area (Å²) in [4.78, 5) is 13.4. The second-order valence-electron chi connectivity index (χ2n) is 5.36. The third kappa shape index (κ3) is 4.49. The van der Waals surface area contributed by atoms with Crippen LogP contribution in [-0.2, 0) is 6.42 Å². The Morgan fingerprint density at radius 1 is 1.50 bits per heavy atom. The van der Waals surface area contributed by atoms with Gasteiger partial charge in [-0.25, -0.2) is 4.79 Å². The zero-order chi connectivity index (χ0) is 14.5. The third-order valence-electron chi connectivity index (χ3n) is 3.60. The molecular formula is C15H21BrN2O2. The molecule has 2 rings (SSSR count). The van der Waals surface area contributed by atoms with E-state index < -0.39 is 0 Å². The van der Waals surface area contributed by atoms with Gasteiger partial charge in [-0.3, -0.25) is 0 Å². The smallest absolute Gasteiger partial charge is 0.317 e. The number of benzene rings is 1. The Morgan fingerprint density at radius 2 is 2.20 bits per heavy atom. The fourth-order valence-electron chi connectivity index (χ4n) is 2.13. The summed E-state index contributed by atoms with van der Waals surface area (Å²) in [6.45, 7) is 0.997. The Balaban J connectivity index is 1.70. The number of urea groups is 1. The summed E-state index contributed by atoms with van der Waals surface area (Å²) in [7, 11) is 1.72. The standard InChI is InChI=1S/C15H21BrN2O2/c1-18(10-14(19)12-6-7-12)15(20)17-9-8-11-4-2-3-5-13(11)16/h2-5,12,14,19H,6-10H2,1H3,(H,17,20)/t14-/m0/s1. The van der Waals surface area contributed by atoms with Gasteiger partial charge in [-0.15, -0.1) is 0 Å². The fraction of sp³-hybridized carbons (Fsp3) is 0.533. The van der Waals surface area contributed by atoms with Crippen molar-refractivity contribution >= 4 is 22.0 Å². The van der Waals surface area contributed by atoms with Crippen LogP contribution in [0.5, 0.6) is 0 Å². The van der Waals surface area contributed by atoms with Gasteiger partial charge in [0.1, 0.15) is 0 Å². The molecule has 1 aliphatic rings. The summed E-state index contributed by atoms with van der Waals surface area (Å²) in [5.41, 5.74) is 1.17. The zero-order valence-electron chi connectivity index (χ0n) is 11.7. The molecule has 0 spiro atoms. The van der Waals surface area contributed by atoms with Gasteiger partial charge in [-0.2, -0.15) is 0 Å². The van der Waals surface area contributed by atoms with E-state index in [0.29, 0.717) is 19.0 Å². The molecule has 1 atom stereocenters. The van der Waals surface area contributed by atoms with Crippen molar-refractivity contribution < 1.29 is 9.90 Å². The van der Waals surface area contributed by atoms with Crippen molar-refractivity contribution in [3.8, 4) is 0 Å². The number of carbonyl (C=O) groups excluding carboxylic acids is 1. The average Bonchev–Trinajstić information content (AvgIpc) is 3.25. The van der Waals surface area contributed by atoms with Gasteiger partial charge in [0, 0.05) is 24.6 Å². The van der Waals surface area contributed by atoms with E-state index in [-0.39, 0.29) is 12.1 Å². The molecule has 0 heterocycles. The summed E-state index contributed by atoms with van der Waals surface area (Å²) >= 11 is 3.49. The van der Waals surface area contributed by atoms with Crippen molar-refractivity contribution in [3.63, 3.8) is 0 Å². The van der Waals surface area contributed by atoms with Gasteiger partial charge in [0.15, 0.2) is 0 Å². The summed E-state index contributed by atoms with van der Waals surface area (Å²) in [5.74, 6) is 0.394. The van der Waals surface area contributed by atoms with E-state index in [9.17, 15) is 9.90 Å². The first-order valence-electron chi connectivity index (χ1n) is 6.98. The molecule has 1 aliphatic carbocycles. The van der Waals surface area contributed by atoms with E-state index in [4.69, 9.17) is 0 Å². The van der Waals surface area contributed by atoms with Crippen LogP contribution in [0.1, 0.15) is 18.4 Å². The maximum Gasteiger partial charge on any atom is 0.317 e. The predicted octanol–water partition coefficient (Wildman–Crippen LogP) is 2.40. The Hall–Kier alpha value is -1.07. The second kappa shape index (κ2) is 7.09. The molecule has 0 unspecified atom stereocenters. The van der Waals surface area contributed by atoms with E-state index in [1.807, 2.05) is 24.3 Å². The highest BCUT2D eigenvalue weighted by molar-refractivity contribution is 9.10. The summed E-state index contributed by atoms with van der Waals surface area (Å²) < 4.78 is 1.06. The van der Waals surface area contributed by atoms with E-state index in [0.717, 1.165) is 23.7 Å². The Morgan fingerprint density at radius 3 is 2.85 bits per heavy atom. The molecule has 20 heavy (non-hydrogen) atoms. The fourth-order valence-corrected chi connectivity index (χ4v) is 2.62. The largest absolute Gasteiger partial charge is 0.391 e. The van der Waals surface area contributed by atoms with Gasteiger partial charge in [-0.05, 0) is 36.8 Å². The van der Waals surface area contributed by atoms with E-state index in [1.165, 1.54) is 5.56 Å². The van der Waals surface area contributed by atoms with Crippen molar-refractivity contribution in [2.45, 2.75) is 25.4 Å². The topological polar surface area (TPSA) is 52.6 Å². The molecule has 1 saturated carbocycles. The number of nitrogens with one attached hydrogen (secondary N) is 1. The summed E-state index contributed by atoms with van der Waals surface area (Å²) in [6, 6.07) is 7.86. The molecule has 4 nitrogen and oxygen atoms in total. The molecule has 2 N–H and O–H groups in total. The van der Waals surface area contributed by atoms with Crippen LogP contribution in [0.15, 0.2) is 28.7 Å². The minimum absolute atomic E-state index is 0.128. The van der Waals surface area contributed by atoms with Crippen molar-refractivity contribution in [2.75, 3.05) is 20.1 Å². The molecule has 110 valence electrons. The number of nitrogens with zero attached hydrogens (tertiary/aromatic N) is 1. The number of halogens is 1. The van der Waals surface area contributed by atoms with Gasteiger partial charge in [0.2, 0.25) is 0 Å². The molecule has 1 fully saturated rings. The highest BCUT2D eigenvalue weighted by Gasteiger charge is 2.31. The predicted molar refractivity (Wildman–Crippen MR) is 82.6 cm³/mol. The number of rotatable bonds is 6. The maximum absolute atomic E-state index is 11.9. The van der Waals surface area contributed by atoms with Gasteiger partial charge in [-0.1, -0.05) is 34.1 Å². The van der Waals surface area contributed by atoms with E-state index in [2.05, 4.69) is 21.2 Å². The van der Waals surface area contributed by atoms with Crippen molar-refractivity contribution in [2.24, 2.45) is 5.92 Å². The lowest BCUT2D eigenvalue weighted by Gasteiger charge is -2.21. The molecule has 0 bridgehead atoms. The summed E-state index contributed by atoms with van der Waals surface area (Å²) in [6.07, 6.45) is 2.57. The van der Waals surface area contributed by atoms with E-state index >= 15 is 0 Å². The monoisotopic (exact) mass is 340 g/mol. The van der Waals surface area contributed by atoms with Gasteiger partial charge in [0.25, 0.3) is 0 Å². The van der Waals surface area contributed by atoms with Crippen LogP contribution >= 0.6 is 15.9 Å². The number of aliphatic hydroxyl groups excluding tert-OH is 1. The molecule has 0 aliphatic heterocycles. The number of amides is 2.